The summed E-state index contributed by atoms with van der Waals surface area (Å²) in [7, 11) is 0. The van der Waals surface area contributed by atoms with Crippen LogP contribution in [0, 0.1) is 0 Å². The molecule has 13 rings (SSSR count). The molecule has 0 saturated carbocycles. The Kier molecular flexibility index (Phi) is 9.55. The van der Waals surface area contributed by atoms with Crippen LogP contribution in [0.1, 0.15) is 25.0 Å². The van der Waals surface area contributed by atoms with E-state index in [1.165, 1.54) is 55.3 Å². The molecule has 0 amide bonds. The predicted octanol–water partition coefficient (Wildman–Crippen LogP) is 18.7. The van der Waals surface area contributed by atoms with E-state index in [9.17, 15) is 0 Å². The maximum absolute atomic E-state index is 6.99. The molecule has 1 aliphatic carbocycles. The summed E-state index contributed by atoms with van der Waals surface area (Å²) in [4.78, 5) is 2.39. The number of hydrogen-bond acceptors (Lipinski definition) is 2. The minimum atomic E-state index is -0.106. The minimum absolute atomic E-state index is 0.106. The smallest absolute Gasteiger partial charge is 0.135 e. The normalized spacial score (nSPS) is 12.7. The lowest BCUT2D eigenvalue weighted by Crippen LogP contribution is -2.16. The van der Waals surface area contributed by atoms with Crippen molar-refractivity contribution < 1.29 is 4.74 Å². The lowest BCUT2D eigenvalue weighted by Gasteiger charge is -2.28. The Morgan fingerprint density at radius 1 is 0.275 bits per heavy atom. The highest BCUT2D eigenvalue weighted by Crippen LogP contribution is 2.52. The molecule has 1 heterocycles. The maximum Gasteiger partial charge on any atom is 0.135 e. The first-order valence-electron chi connectivity index (χ1n) is 23.9. The summed E-state index contributed by atoms with van der Waals surface area (Å²) in [5, 5.41) is 2.42. The van der Waals surface area contributed by atoms with E-state index in [1.807, 2.05) is 0 Å². The van der Waals surface area contributed by atoms with Gasteiger partial charge in [0, 0.05) is 33.6 Å². The molecule has 2 nitrogen and oxygen atoms in total. The van der Waals surface area contributed by atoms with Gasteiger partial charge in [0.05, 0.1) is 0 Å². The number of ether oxygens (including phenoxy) is 1. The van der Waals surface area contributed by atoms with Gasteiger partial charge in [0.25, 0.3) is 0 Å². The molecule has 0 radical (unpaired) electrons. The molecule has 0 saturated heterocycles. The number of fused-ring (bicyclic) bond motifs is 9. The highest BCUT2D eigenvalue weighted by Gasteiger charge is 2.36. The van der Waals surface area contributed by atoms with Crippen molar-refractivity contribution in [3.8, 4) is 89.4 Å². The summed E-state index contributed by atoms with van der Waals surface area (Å²) < 4.78 is 6.99. The molecule has 1 aliphatic heterocycles. The Balaban J connectivity index is 0.835. The Labute approximate surface area is 404 Å². The van der Waals surface area contributed by atoms with Crippen LogP contribution in [0.15, 0.2) is 249 Å². The van der Waals surface area contributed by atoms with Gasteiger partial charge in [-0.2, -0.15) is 0 Å². The van der Waals surface area contributed by atoms with Crippen LogP contribution in [0.3, 0.4) is 0 Å². The molecule has 11 aromatic rings. The number of nitrogens with zero attached hydrogens (tertiary/aromatic N) is 1. The van der Waals surface area contributed by atoms with Crippen molar-refractivity contribution in [1.29, 1.82) is 0 Å². The molecule has 69 heavy (non-hydrogen) atoms. The van der Waals surface area contributed by atoms with E-state index in [1.54, 1.807) is 0 Å². The van der Waals surface area contributed by atoms with E-state index < -0.39 is 0 Å². The molecule has 0 bridgehead atoms. The number of hydrogen-bond donors (Lipinski definition) is 0. The van der Waals surface area contributed by atoms with Crippen LogP contribution in [0.2, 0.25) is 0 Å². The lowest BCUT2D eigenvalue weighted by atomic mass is 9.82. The zero-order valence-electron chi connectivity index (χ0n) is 38.5. The molecular formula is C67H47NO. The van der Waals surface area contributed by atoms with Crippen LogP contribution in [0.25, 0.3) is 88.7 Å². The second-order valence-corrected chi connectivity index (χ2v) is 18.9. The first kappa shape index (κ1) is 40.5. The van der Waals surface area contributed by atoms with Gasteiger partial charge in [0.15, 0.2) is 0 Å². The van der Waals surface area contributed by atoms with E-state index >= 15 is 0 Å². The highest BCUT2D eigenvalue weighted by molar-refractivity contribution is 6.00. The van der Waals surface area contributed by atoms with Crippen molar-refractivity contribution in [1.82, 2.24) is 0 Å². The van der Waals surface area contributed by atoms with Crippen molar-refractivity contribution in [2.45, 2.75) is 19.3 Å². The van der Waals surface area contributed by atoms with E-state index in [0.717, 1.165) is 73.1 Å². The third-order valence-electron chi connectivity index (χ3n) is 14.5. The van der Waals surface area contributed by atoms with Crippen LogP contribution in [-0.2, 0) is 5.41 Å². The van der Waals surface area contributed by atoms with E-state index in [-0.39, 0.29) is 5.41 Å². The first-order valence-corrected chi connectivity index (χ1v) is 23.9. The summed E-state index contributed by atoms with van der Waals surface area (Å²) >= 11 is 0. The van der Waals surface area contributed by atoms with Crippen LogP contribution in [0.5, 0.6) is 11.5 Å². The van der Waals surface area contributed by atoms with Crippen molar-refractivity contribution in [2.75, 3.05) is 4.90 Å². The molecule has 0 aromatic heterocycles. The fraction of sp³-hybridized carbons (Fsp3) is 0.0448. The molecule has 0 fully saturated rings. The fourth-order valence-corrected chi connectivity index (χ4v) is 10.8. The molecule has 326 valence electrons. The highest BCUT2D eigenvalue weighted by atomic mass is 16.5. The van der Waals surface area contributed by atoms with Crippen LogP contribution in [-0.4, -0.2) is 0 Å². The van der Waals surface area contributed by atoms with Crippen LogP contribution < -0.4 is 9.64 Å². The average Bonchev–Trinajstić information content (AvgIpc) is 3.55. The molecule has 0 unspecified atom stereocenters. The van der Waals surface area contributed by atoms with Gasteiger partial charge < -0.3 is 9.64 Å². The molecule has 0 atom stereocenters. The largest absolute Gasteiger partial charge is 0.456 e. The molecule has 0 spiro atoms. The zero-order chi connectivity index (χ0) is 46.1. The number of rotatable bonds is 7. The molecule has 11 aromatic carbocycles. The second-order valence-electron chi connectivity index (χ2n) is 18.9. The quantitative estimate of drug-likeness (QED) is 0.158. The minimum Gasteiger partial charge on any atom is -0.456 e. The van der Waals surface area contributed by atoms with Crippen molar-refractivity contribution in [3.63, 3.8) is 0 Å². The van der Waals surface area contributed by atoms with Crippen molar-refractivity contribution >= 4 is 27.8 Å². The zero-order valence-corrected chi connectivity index (χ0v) is 38.5. The Bertz CT molecular complexity index is 3740. The van der Waals surface area contributed by atoms with Gasteiger partial charge in [-0.15, -0.1) is 0 Å². The Hall–Kier alpha value is -8.72. The SMILES string of the molecule is CC1(C)c2ccccc2-c2ccc(N(c3ccc(-c4ccccc4)cc3)c3ccc(-c4ccc(-c5ccc6c(c5)Oc5cc(-c7ccccc7)ccc5-c5cc7ccccc7cc5-6)cc4)cc3)cc21. The van der Waals surface area contributed by atoms with Crippen molar-refractivity contribution in [3.05, 3.63) is 260 Å². The van der Waals surface area contributed by atoms with Gasteiger partial charge in [-0.1, -0.05) is 190 Å². The first-order chi connectivity index (χ1) is 33.9. The van der Waals surface area contributed by atoms with Gasteiger partial charge in [-0.25, -0.2) is 0 Å². The summed E-state index contributed by atoms with van der Waals surface area (Å²) in [5.74, 6) is 1.71. The summed E-state index contributed by atoms with van der Waals surface area (Å²) in [5.41, 5.74) is 22.4. The fourth-order valence-electron chi connectivity index (χ4n) is 10.8. The van der Waals surface area contributed by atoms with E-state index in [0.29, 0.717) is 0 Å². The van der Waals surface area contributed by atoms with Crippen molar-refractivity contribution in [2.24, 2.45) is 0 Å². The molecule has 0 N–H and O–H groups in total. The van der Waals surface area contributed by atoms with Crippen LogP contribution >= 0.6 is 0 Å². The maximum atomic E-state index is 6.99. The second kappa shape index (κ2) is 16.3. The topological polar surface area (TPSA) is 12.5 Å². The Morgan fingerprint density at radius 3 is 1.19 bits per heavy atom. The third-order valence-corrected chi connectivity index (χ3v) is 14.5. The monoisotopic (exact) mass is 881 g/mol. The third kappa shape index (κ3) is 7.03. The molecule has 2 aliphatic rings. The summed E-state index contributed by atoms with van der Waals surface area (Å²) in [6.45, 7) is 4.70. The molecule has 2 heteroatoms. The lowest BCUT2D eigenvalue weighted by molar-refractivity contribution is 0.488. The van der Waals surface area contributed by atoms with E-state index in [2.05, 4.69) is 267 Å². The van der Waals surface area contributed by atoms with Gasteiger partial charge in [-0.3, -0.25) is 0 Å². The summed E-state index contributed by atoms with van der Waals surface area (Å²) in [6.07, 6.45) is 0. The van der Waals surface area contributed by atoms with Gasteiger partial charge in [-0.05, 0) is 161 Å². The average molecular weight is 882 g/mol. The van der Waals surface area contributed by atoms with Gasteiger partial charge in [0.2, 0.25) is 0 Å². The molecular weight excluding hydrogens is 835 g/mol. The Morgan fingerprint density at radius 2 is 0.652 bits per heavy atom. The summed E-state index contributed by atoms with van der Waals surface area (Å²) in [6, 6.07) is 90.4. The van der Waals surface area contributed by atoms with Gasteiger partial charge >= 0.3 is 0 Å². The van der Waals surface area contributed by atoms with Gasteiger partial charge in [0.1, 0.15) is 11.5 Å². The predicted molar refractivity (Wildman–Crippen MR) is 289 cm³/mol. The number of benzene rings is 11. The van der Waals surface area contributed by atoms with Crippen LogP contribution in [0.4, 0.5) is 17.1 Å². The number of anilines is 3. The standard InChI is InChI=1S/C67H47NO/c1-67(2)63-20-12-11-19-57(63)58-38-35-56(43-64(58)67)68(54-31-25-47(26-32-54)44-13-5-3-6-14-44)55-33-27-48(28-34-55)46-21-23-49(24-22-46)53-30-37-60-62-40-51-18-10-9-17-50(51)39-61(62)59-36-29-52(45-15-7-4-8-16-45)41-65(59)69-66(60)42-53/h3-43H,1-2H3. The van der Waals surface area contributed by atoms with E-state index in [4.69, 9.17) is 4.74 Å².